The predicted octanol–water partition coefficient (Wildman–Crippen LogP) is 3.71. The molecule has 0 saturated heterocycles. The van der Waals surface area contributed by atoms with Crippen molar-refractivity contribution in [2.75, 3.05) is 13.7 Å². The number of benzene rings is 1. The average Bonchev–Trinajstić information content (AvgIpc) is 2.97. The van der Waals surface area contributed by atoms with Gasteiger partial charge in [0.15, 0.2) is 0 Å². The molecule has 27 heavy (non-hydrogen) atoms. The summed E-state index contributed by atoms with van der Waals surface area (Å²) in [4.78, 5) is 33.3. The van der Waals surface area contributed by atoms with Crippen LogP contribution in [0.15, 0.2) is 29.1 Å². The normalized spacial score (nSPS) is 11.1. The zero-order valence-corrected chi connectivity index (χ0v) is 16.6. The second-order valence-electron chi connectivity index (χ2n) is 6.73. The SMILES string of the molecule is COc1ccccc1Cc1nc2sc(C(=O)OCC(C)C)c(C)c2c(=O)[nH]1. The maximum atomic E-state index is 12.6. The molecular weight excluding hydrogens is 364 g/mol. The number of aromatic nitrogens is 2. The van der Waals surface area contributed by atoms with Gasteiger partial charge in [-0.3, -0.25) is 4.79 Å². The van der Waals surface area contributed by atoms with Crippen LogP contribution >= 0.6 is 11.3 Å². The first-order valence-corrected chi connectivity index (χ1v) is 9.53. The van der Waals surface area contributed by atoms with E-state index in [1.54, 1.807) is 14.0 Å². The number of hydrogen-bond donors (Lipinski definition) is 1. The monoisotopic (exact) mass is 386 g/mol. The fourth-order valence-corrected chi connectivity index (χ4v) is 3.90. The number of aryl methyl sites for hydroxylation is 1. The molecule has 0 atom stereocenters. The number of para-hydroxylation sites is 1. The number of H-pyrrole nitrogens is 1. The smallest absolute Gasteiger partial charge is 0.348 e. The highest BCUT2D eigenvalue weighted by molar-refractivity contribution is 7.20. The van der Waals surface area contributed by atoms with Crippen LogP contribution in [0.25, 0.3) is 10.2 Å². The number of ether oxygens (including phenoxy) is 2. The molecule has 6 nitrogen and oxygen atoms in total. The highest BCUT2D eigenvalue weighted by atomic mass is 32.1. The first-order valence-electron chi connectivity index (χ1n) is 8.72. The molecule has 0 fully saturated rings. The summed E-state index contributed by atoms with van der Waals surface area (Å²) in [6, 6.07) is 7.59. The molecule has 0 unspecified atom stereocenters. The Bertz CT molecular complexity index is 1040. The van der Waals surface area contributed by atoms with E-state index in [0.29, 0.717) is 39.5 Å². The van der Waals surface area contributed by atoms with Crippen LogP contribution in [-0.4, -0.2) is 29.7 Å². The fraction of sp³-hybridized carbons (Fsp3) is 0.350. The van der Waals surface area contributed by atoms with E-state index in [4.69, 9.17) is 9.47 Å². The molecule has 0 amide bonds. The van der Waals surface area contributed by atoms with Crippen LogP contribution in [0.3, 0.4) is 0 Å². The lowest BCUT2D eigenvalue weighted by atomic mass is 10.1. The Morgan fingerprint density at radius 3 is 2.74 bits per heavy atom. The molecule has 0 aliphatic carbocycles. The fourth-order valence-electron chi connectivity index (χ4n) is 2.80. The van der Waals surface area contributed by atoms with Crippen molar-refractivity contribution in [2.45, 2.75) is 27.2 Å². The van der Waals surface area contributed by atoms with Crippen molar-refractivity contribution in [3.05, 3.63) is 56.4 Å². The van der Waals surface area contributed by atoms with E-state index in [1.807, 2.05) is 38.1 Å². The predicted molar refractivity (Wildman–Crippen MR) is 106 cm³/mol. The number of carbonyl (C=O) groups is 1. The Kier molecular flexibility index (Phi) is 5.60. The van der Waals surface area contributed by atoms with Gasteiger partial charge in [-0.25, -0.2) is 9.78 Å². The molecular formula is C20H22N2O4S. The van der Waals surface area contributed by atoms with Crippen LogP contribution in [0.5, 0.6) is 5.75 Å². The minimum absolute atomic E-state index is 0.248. The lowest BCUT2D eigenvalue weighted by Crippen LogP contribution is -2.13. The van der Waals surface area contributed by atoms with E-state index in [2.05, 4.69) is 9.97 Å². The van der Waals surface area contributed by atoms with Crippen LogP contribution in [-0.2, 0) is 11.2 Å². The number of nitrogens with one attached hydrogen (secondary N) is 1. The highest BCUT2D eigenvalue weighted by Crippen LogP contribution is 2.28. The van der Waals surface area contributed by atoms with Crippen molar-refractivity contribution >= 4 is 27.5 Å². The Morgan fingerprint density at radius 2 is 2.04 bits per heavy atom. The molecule has 3 rings (SSSR count). The van der Waals surface area contributed by atoms with Gasteiger partial charge >= 0.3 is 5.97 Å². The van der Waals surface area contributed by atoms with E-state index in [1.165, 1.54) is 11.3 Å². The van der Waals surface area contributed by atoms with Crippen LogP contribution < -0.4 is 10.3 Å². The summed E-state index contributed by atoms with van der Waals surface area (Å²) >= 11 is 1.20. The van der Waals surface area contributed by atoms with Gasteiger partial charge in [-0.2, -0.15) is 0 Å². The van der Waals surface area contributed by atoms with Gasteiger partial charge in [0.05, 0.1) is 19.1 Å². The minimum atomic E-state index is -0.408. The van der Waals surface area contributed by atoms with E-state index in [0.717, 1.165) is 11.3 Å². The summed E-state index contributed by atoms with van der Waals surface area (Å²) < 4.78 is 10.7. The van der Waals surface area contributed by atoms with Gasteiger partial charge in [-0.05, 0) is 24.5 Å². The van der Waals surface area contributed by atoms with E-state index >= 15 is 0 Å². The molecule has 1 N–H and O–H groups in total. The van der Waals surface area contributed by atoms with Gasteiger partial charge in [-0.15, -0.1) is 11.3 Å². The lowest BCUT2D eigenvalue weighted by Gasteiger charge is -2.07. The number of nitrogens with zero attached hydrogens (tertiary/aromatic N) is 1. The van der Waals surface area contributed by atoms with E-state index in [9.17, 15) is 9.59 Å². The summed E-state index contributed by atoms with van der Waals surface area (Å²) in [7, 11) is 1.61. The van der Waals surface area contributed by atoms with Crippen LogP contribution in [0, 0.1) is 12.8 Å². The molecule has 7 heteroatoms. The molecule has 0 spiro atoms. The van der Waals surface area contributed by atoms with Gasteiger partial charge in [0.2, 0.25) is 0 Å². The minimum Gasteiger partial charge on any atom is -0.496 e. The second kappa shape index (κ2) is 7.92. The summed E-state index contributed by atoms with van der Waals surface area (Å²) in [6.45, 7) is 6.04. The number of esters is 1. The van der Waals surface area contributed by atoms with Crippen LogP contribution in [0.4, 0.5) is 0 Å². The van der Waals surface area contributed by atoms with Gasteiger partial charge in [0.1, 0.15) is 21.3 Å². The Morgan fingerprint density at radius 1 is 1.30 bits per heavy atom. The quantitative estimate of drug-likeness (QED) is 0.653. The number of methoxy groups -OCH3 is 1. The molecule has 0 aliphatic rings. The maximum Gasteiger partial charge on any atom is 0.348 e. The summed E-state index contributed by atoms with van der Waals surface area (Å²) in [5.41, 5.74) is 1.29. The Hall–Kier alpha value is -2.67. The largest absolute Gasteiger partial charge is 0.496 e. The third-order valence-electron chi connectivity index (χ3n) is 4.13. The Balaban J connectivity index is 1.97. The number of rotatable bonds is 6. The molecule has 0 bridgehead atoms. The number of carbonyl (C=O) groups excluding carboxylic acids is 1. The molecule has 0 aliphatic heterocycles. The van der Waals surface area contributed by atoms with Gasteiger partial charge < -0.3 is 14.5 Å². The Labute approximate surface area is 161 Å². The first kappa shape index (κ1) is 19.1. The van der Waals surface area contributed by atoms with Crippen molar-refractivity contribution in [2.24, 2.45) is 5.92 Å². The molecule has 2 heterocycles. The number of fused-ring (bicyclic) bond motifs is 1. The third-order valence-corrected chi connectivity index (χ3v) is 5.30. The number of thiophene rings is 1. The number of hydrogen-bond acceptors (Lipinski definition) is 6. The van der Waals surface area contributed by atoms with Crippen molar-refractivity contribution in [1.29, 1.82) is 0 Å². The summed E-state index contributed by atoms with van der Waals surface area (Å²) in [5.74, 6) is 1.11. The van der Waals surface area contributed by atoms with Crippen LogP contribution in [0.1, 0.15) is 40.5 Å². The standard InChI is InChI=1S/C20H22N2O4S/c1-11(2)10-26-20(24)17-12(3)16-18(23)21-15(22-19(16)27-17)9-13-7-5-6-8-14(13)25-4/h5-8,11H,9-10H2,1-4H3,(H,21,22,23). The highest BCUT2D eigenvalue weighted by Gasteiger charge is 2.21. The van der Waals surface area contributed by atoms with E-state index < -0.39 is 5.97 Å². The van der Waals surface area contributed by atoms with Crippen LogP contribution in [0.2, 0.25) is 0 Å². The van der Waals surface area contributed by atoms with Crippen molar-refractivity contribution in [3.8, 4) is 5.75 Å². The topological polar surface area (TPSA) is 81.3 Å². The zero-order valence-electron chi connectivity index (χ0n) is 15.8. The molecule has 1 aromatic carbocycles. The maximum absolute atomic E-state index is 12.6. The first-order chi connectivity index (χ1) is 12.9. The average molecular weight is 386 g/mol. The van der Waals surface area contributed by atoms with Crippen molar-refractivity contribution < 1.29 is 14.3 Å². The molecule has 2 aromatic heterocycles. The molecule has 0 saturated carbocycles. The number of aromatic amines is 1. The van der Waals surface area contributed by atoms with Gasteiger partial charge in [0.25, 0.3) is 5.56 Å². The lowest BCUT2D eigenvalue weighted by molar-refractivity contribution is 0.0464. The summed E-state index contributed by atoms with van der Waals surface area (Å²) in [5, 5.41) is 0.445. The molecule has 142 valence electrons. The second-order valence-corrected chi connectivity index (χ2v) is 7.73. The summed E-state index contributed by atoms with van der Waals surface area (Å²) in [6.07, 6.45) is 0.430. The van der Waals surface area contributed by atoms with Gasteiger partial charge in [0, 0.05) is 12.0 Å². The van der Waals surface area contributed by atoms with E-state index in [-0.39, 0.29) is 11.5 Å². The molecule has 3 aromatic rings. The van der Waals surface area contributed by atoms with Crippen molar-refractivity contribution in [1.82, 2.24) is 9.97 Å². The van der Waals surface area contributed by atoms with Crippen molar-refractivity contribution in [3.63, 3.8) is 0 Å². The zero-order chi connectivity index (χ0) is 19.6. The van der Waals surface area contributed by atoms with Gasteiger partial charge in [-0.1, -0.05) is 32.0 Å². The molecule has 0 radical (unpaired) electrons. The third kappa shape index (κ3) is 4.03.